The molecule has 116 valence electrons. The second kappa shape index (κ2) is 7.01. The minimum Gasteiger partial charge on any atom is -0.383 e. The van der Waals surface area contributed by atoms with E-state index >= 15 is 0 Å². The van der Waals surface area contributed by atoms with Crippen molar-refractivity contribution in [2.45, 2.75) is 39.2 Å². The number of hydrogen-bond donors (Lipinski definition) is 1. The van der Waals surface area contributed by atoms with E-state index in [0.29, 0.717) is 6.61 Å². The summed E-state index contributed by atoms with van der Waals surface area (Å²) in [5.74, 6) is 0. The van der Waals surface area contributed by atoms with Crippen molar-refractivity contribution >= 4 is 22.7 Å². The van der Waals surface area contributed by atoms with Gasteiger partial charge in [0.1, 0.15) is 5.01 Å². The molecule has 2 rings (SSSR count). The third kappa shape index (κ3) is 4.13. The number of hydrogen-bond acceptors (Lipinski definition) is 5. The van der Waals surface area contributed by atoms with Crippen LogP contribution in [0.1, 0.15) is 48.0 Å². The fraction of sp³-hybridized carbons (Fsp3) is 0.562. The number of rotatable bonds is 6. The Balaban J connectivity index is 2.27. The minimum atomic E-state index is 0.0936. The maximum Gasteiger partial charge on any atom is 0.115 e. The Bertz CT molecular complexity index is 569. The lowest BCUT2D eigenvalue weighted by molar-refractivity contribution is 0.197. The Morgan fingerprint density at radius 3 is 2.62 bits per heavy atom. The summed E-state index contributed by atoms with van der Waals surface area (Å²) < 4.78 is 5.16. The lowest BCUT2D eigenvalue weighted by Crippen LogP contribution is -2.26. The van der Waals surface area contributed by atoms with Gasteiger partial charge < -0.3 is 10.1 Å². The number of nitrogens with zero attached hydrogens (tertiary/aromatic N) is 1. The van der Waals surface area contributed by atoms with Gasteiger partial charge in [-0.1, -0.05) is 20.8 Å². The molecule has 0 aliphatic carbocycles. The van der Waals surface area contributed by atoms with Gasteiger partial charge >= 0.3 is 0 Å². The van der Waals surface area contributed by atoms with E-state index in [4.69, 9.17) is 9.72 Å². The maximum atomic E-state index is 5.16. The van der Waals surface area contributed by atoms with Crippen LogP contribution in [0.4, 0.5) is 0 Å². The van der Waals surface area contributed by atoms with Crippen LogP contribution in [0.5, 0.6) is 0 Å². The lowest BCUT2D eigenvalue weighted by Gasteiger charge is -2.17. The van der Waals surface area contributed by atoms with Crippen LogP contribution in [0, 0.1) is 6.92 Å². The summed E-state index contributed by atoms with van der Waals surface area (Å²) in [7, 11) is 1.73. The second-order valence-corrected chi connectivity index (χ2v) is 8.01. The Hall–Kier alpha value is -0.750. The standard InChI is InChI=1S/C16H24N2OS2/c1-11-6-9-20-14(11)13(17-7-8-19-5)15-18-12(10-21-15)16(2,3)4/h6,9-10,13,17H,7-8H2,1-5H3. The highest BCUT2D eigenvalue weighted by atomic mass is 32.1. The molecule has 5 heteroatoms. The first-order chi connectivity index (χ1) is 9.93. The van der Waals surface area contributed by atoms with Gasteiger partial charge in [-0.05, 0) is 23.9 Å². The summed E-state index contributed by atoms with van der Waals surface area (Å²) >= 11 is 3.53. The second-order valence-electron chi connectivity index (χ2n) is 6.17. The van der Waals surface area contributed by atoms with E-state index in [9.17, 15) is 0 Å². The molecule has 1 unspecified atom stereocenters. The van der Waals surface area contributed by atoms with Crippen molar-refractivity contribution in [3.8, 4) is 0 Å². The third-order valence-electron chi connectivity index (χ3n) is 3.36. The van der Waals surface area contributed by atoms with Crippen LogP contribution in [0.2, 0.25) is 0 Å². The highest BCUT2D eigenvalue weighted by Gasteiger charge is 2.23. The molecule has 2 heterocycles. The molecular formula is C16H24N2OS2. The molecule has 1 N–H and O–H groups in total. The van der Waals surface area contributed by atoms with Crippen molar-refractivity contribution < 1.29 is 4.74 Å². The van der Waals surface area contributed by atoms with Gasteiger partial charge in [0.15, 0.2) is 0 Å². The van der Waals surface area contributed by atoms with Crippen molar-refractivity contribution in [2.24, 2.45) is 0 Å². The van der Waals surface area contributed by atoms with Gasteiger partial charge in [-0.15, -0.1) is 22.7 Å². The summed E-state index contributed by atoms with van der Waals surface area (Å²) in [6.45, 7) is 10.3. The van der Waals surface area contributed by atoms with E-state index in [-0.39, 0.29) is 11.5 Å². The molecule has 0 radical (unpaired) electrons. The molecule has 3 nitrogen and oxygen atoms in total. The Morgan fingerprint density at radius 2 is 2.10 bits per heavy atom. The zero-order valence-corrected chi connectivity index (χ0v) is 15.0. The van der Waals surface area contributed by atoms with E-state index in [0.717, 1.165) is 17.2 Å². The molecule has 2 aromatic heterocycles. The van der Waals surface area contributed by atoms with Gasteiger partial charge in [-0.3, -0.25) is 0 Å². The van der Waals surface area contributed by atoms with Crippen molar-refractivity contribution in [1.82, 2.24) is 10.3 Å². The number of aryl methyl sites for hydroxylation is 1. The monoisotopic (exact) mass is 324 g/mol. The topological polar surface area (TPSA) is 34.1 Å². The fourth-order valence-corrected chi connectivity index (χ4v) is 4.25. The molecule has 0 aliphatic rings. The molecule has 0 fully saturated rings. The van der Waals surface area contributed by atoms with Crippen LogP contribution in [-0.2, 0) is 10.2 Å². The van der Waals surface area contributed by atoms with E-state index in [1.165, 1.54) is 10.4 Å². The fourth-order valence-electron chi connectivity index (χ4n) is 2.04. The zero-order valence-electron chi connectivity index (χ0n) is 13.4. The van der Waals surface area contributed by atoms with Gasteiger partial charge in [0.25, 0.3) is 0 Å². The summed E-state index contributed by atoms with van der Waals surface area (Å²) in [5.41, 5.74) is 2.58. The summed E-state index contributed by atoms with van der Waals surface area (Å²) in [4.78, 5) is 6.23. The van der Waals surface area contributed by atoms with Gasteiger partial charge in [0.2, 0.25) is 0 Å². The van der Waals surface area contributed by atoms with Crippen molar-refractivity contribution in [2.75, 3.05) is 20.3 Å². The zero-order chi connectivity index (χ0) is 15.5. The van der Waals surface area contributed by atoms with Crippen LogP contribution >= 0.6 is 22.7 Å². The van der Waals surface area contributed by atoms with Gasteiger partial charge in [-0.25, -0.2) is 4.98 Å². The minimum absolute atomic E-state index is 0.0936. The SMILES string of the molecule is COCCNC(c1nc(C(C)(C)C)cs1)c1sccc1C. The highest BCUT2D eigenvalue weighted by molar-refractivity contribution is 7.11. The molecule has 0 bridgehead atoms. The Morgan fingerprint density at radius 1 is 1.33 bits per heavy atom. The highest BCUT2D eigenvalue weighted by Crippen LogP contribution is 2.33. The average Bonchev–Trinajstić information content (AvgIpc) is 3.03. The van der Waals surface area contributed by atoms with Crippen LogP contribution in [-0.4, -0.2) is 25.2 Å². The number of methoxy groups -OCH3 is 1. The summed E-state index contributed by atoms with van der Waals surface area (Å²) in [6, 6.07) is 2.34. The van der Waals surface area contributed by atoms with Gasteiger partial charge in [0.05, 0.1) is 18.3 Å². The maximum absolute atomic E-state index is 5.16. The number of nitrogens with one attached hydrogen (secondary N) is 1. The molecule has 0 amide bonds. The lowest BCUT2D eigenvalue weighted by atomic mass is 9.93. The molecule has 0 saturated heterocycles. The first-order valence-electron chi connectivity index (χ1n) is 7.15. The van der Waals surface area contributed by atoms with E-state index in [1.807, 2.05) is 0 Å². The molecule has 0 saturated carbocycles. The molecule has 0 aliphatic heterocycles. The first kappa shape index (κ1) is 16.6. The third-order valence-corrected chi connectivity index (χ3v) is 5.35. The van der Waals surface area contributed by atoms with Crippen LogP contribution < -0.4 is 5.32 Å². The molecule has 21 heavy (non-hydrogen) atoms. The molecule has 0 aromatic carbocycles. The smallest absolute Gasteiger partial charge is 0.115 e. The summed E-state index contributed by atoms with van der Waals surface area (Å²) in [5, 5.41) is 9.05. The number of thiophene rings is 1. The van der Waals surface area contributed by atoms with E-state index < -0.39 is 0 Å². The number of aromatic nitrogens is 1. The normalized spacial score (nSPS) is 13.6. The van der Waals surface area contributed by atoms with Crippen LogP contribution in [0.25, 0.3) is 0 Å². The Labute approximate surface area is 135 Å². The Kier molecular flexibility index (Phi) is 5.54. The summed E-state index contributed by atoms with van der Waals surface area (Å²) in [6.07, 6.45) is 0. The van der Waals surface area contributed by atoms with Crippen molar-refractivity contribution in [3.63, 3.8) is 0 Å². The van der Waals surface area contributed by atoms with E-state index in [1.54, 1.807) is 29.8 Å². The van der Waals surface area contributed by atoms with Crippen molar-refractivity contribution in [1.29, 1.82) is 0 Å². The molecule has 2 aromatic rings. The average molecular weight is 325 g/mol. The largest absolute Gasteiger partial charge is 0.383 e. The predicted molar refractivity (Wildman–Crippen MR) is 91.6 cm³/mol. The van der Waals surface area contributed by atoms with E-state index in [2.05, 4.69) is 49.8 Å². The number of thiazole rings is 1. The molecule has 0 spiro atoms. The molecular weight excluding hydrogens is 300 g/mol. The first-order valence-corrected chi connectivity index (χ1v) is 8.91. The number of ether oxygens (including phenoxy) is 1. The van der Waals surface area contributed by atoms with Crippen molar-refractivity contribution in [3.05, 3.63) is 38.0 Å². The molecule has 1 atom stereocenters. The predicted octanol–water partition coefficient (Wildman–Crippen LogP) is 4.14. The van der Waals surface area contributed by atoms with Crippen LogP contribution in [0.3, 0.4) is 0 Å². The quantitative estimate of drug-likeness (QED) is 0.811. The van der Waals surface area contributed by atoms with Crippen LogP contribution in [0.15, 0.2) is 16.8 Å². The van der Waals surface area contributed by atoms with Gasteiger partial charge in [0, 0.05) is 29.3 Å². The van der Waals surface area contributed by atoms with Gasteiger partial charge in [-0.2, -0.15) is 0 Å².